The Bertz CT molecular complexity index is 735. The molecule has 146 valence electrons. The van der Waals surface area contributed by atoms with E-state index in [4.69, 9.17) is 0 Å². The Labute approximate surface area is 161 Å². The first-order valence-electron chi connectivity index (χ1n) is 10.2. The molecule has 1 aromatic heterocycles. The first-order valence-corrected chi connectivity index (χ1v) is 10.2. The molecule has 0 bridgehead atoms. The van der Waals surface area contributed by atoms with Crippen LogP contribution in [-0.4, -0.2) is 58.2 Å². The van der Waals surface area contributed by atoms with E-state index in [0.29, 0.717) is 19.4 Å². The minimum absolute atomic E-state index is 0.224. The van der Waals surface area contributed by atoms with Crippen molar-refractivity contribution in [1.29, 1.82) is 0 Å². The molecule has 1 N–H and O–H groups in total. The minimum atomic E-state index is -0.368. The zero-order chi connectivity index (χ0) is 18.9. The Balaban J connectivity index is 1.48. The van der Waals surface area contributed by atoms with Gasteiger partial charge in [0.2, 0.25) is 5.91 Å². The molecule has 0 unspecified atom stereocenters. The molecule has 2 aliphatic heterocycles. The standard InChI is InChI=1S/C21H30N4O2/c1-16-12-22-13-19(23-16)24-10-7-18(26)21(14-24)8-4-9-25(15-21)20(27)11-17-5-2-3-6-17/h5,12-13,18,26H,2-4,6-11,14-15H2,1H3/t18-,21-/m1/s1. The summed E-state index contributed by atoms with van der Waals surface area (Å²) in [4.78, 5) is 26.0. The first kappa shape index (κ1) is 18.4. The smallest absolute Gasteiger partial charge is 0.226 e. The number of anilines is 1. The maximum Gasteiger partial charge on any atom is 0.226 e. The lowest BCUT2D eigenvalue weighted by molar-refractivity contribution is -0.137. The van der Waals surface area contributed by atoms with Crippen molar-refractivity contribution in [1.82, 2.24) is 14.9 Å². The van der Waals surface area contributed by atoms with Crippen LogP contribution in [-0.2, 0) is 4.79 Å². The zero-order valence-corrected chi connectivity index (χ0v) is 16.2. The minimum Gasteiger partial charge on any atom is -0.392 e. The second-order valence-electron chi connectivity index (χ2n) is 8.46. The molecule has 1 aliphatic carbocycles. The van der Waals surface area contributed by atoms with Gasteiger partial charge in [0.25, 0.3) is 0 Å². The number of piperidine rings is 2. The maximum atomic E-state index is 12.9. The van der Waals surface area contributed by atoms with Gasteiger partial charge in [-0.25, -0.2) is 4.98 Å². The second-order valence-corrected chi connectivity index (χ2v) is 8.46. The van der Waals surface area contributed by atoms with Gasteiger partial charge in [0.1, 0.15) is 5.82 Å². The molecule has 3 heterocycles. The number of carbonyl (C=O) groups is 1. The molecule has 1 spiro atoms. The van der Waals surface area contributed by atoms with Gasteiger partial charge in [-0.05, 0) is 45.4 Å². The van der Waals surface area contributed by atoms with Gasteiger partial charge < -0.3 is 14.9 Å². The lowest BCUT2D eigenvalue weighted by Gasteiger charge is -2.51. The summed E-state index contributed by atoms with van der Waals surface area (Å²) in [6, 6.07) is 0. The zero-order valence-electron chi connectivity index (χ0n) is 16.2. The third-order valence-electron chi connectivity index (χ3n) is 6.43. The number of rotatable bonds is 3. The summed E-state index contributed by atoms with van der Waals surface area (Å²) >= 11 is 0. The van der Waals surface area contributed by atoms with Crippen molar-refractivity contribution < 1.29 is 9.90 Å². The van der Waals surface area contributed by atoms with E-state index in [1.807, 2.05) is 11.8 Å². The van der Waals surface area contributed by atoms with Crippen molar-refractivity contribution in [3.05, 3.63) is 29.7 Å². The van der Waals surface area contributed by atoms with Crippen molar-refractivity contribution in [3.63, 3.8) is 0 Å². The van der Waals surface area contributed by atoms with Crippen LogP contribution in [0.4, 0.5) is 5.82 Å². The quantitative estimate of drug-likeness (QED) is 0.828. The van der Waals surface area contributed by atoms with Gasteiger partial charge in [-0.3, -0.25) is 9.78 Å². The van der Waals surface area contributed by atoms with Crippen molar-refractivity contribution in [3.8, 4) is 0 Å². The van der Waals surface area contributed by atoms with E-state index in [9.17, 15) is 9.90 Å². The summed E-state index contributed by atoms with van der Waals surface area (Å²) in [5.74, 6) is 1.10. The Hall–Kier alpha value is -1.95. The highest BCUT2D eigenvalue weighted by Crippen LogP contribution is 2.40. The summed E-state index contributed by atoms with van der Waals surface area (Å²) in [6.45, 7) is 4.92. The number of aliphatic hydroxyl groups excluding tert-OH is 1. The highest BCUT2D eigenvalue weighted by atomic mass is 16.3. The third kappa shape index (κ3) is 3.86. The molecule has 1 amide bonds. The van der Waals surface area contributed by atoms with Crippen LogP contribution in [0.15, 0.2) is 24.0 Å². The highest BCUT2D eigenvalue weighted by Gasteiger charge is 2.46. The third-order valence-corrected chi connectivity index (χ3v) is 6.43. The number of hydrogen-bond acceptors (Lipinski definition) is 5. The Kier molecular flexibility index (Phi) is 5.17. The Morgan fingerprint density at radius 2 is 2.19 bits per heavy atom. The summed E-state index contributed by atoms with van der Waals surface area (Å²) < 4.78 is 0. The molecule has 6 heteroatoms. The molecule has 0 saturated carbocycles. The van der Waals surface area contributed by atoms with Crippen LogP contribution in [0.3, 0.4) is 0 Å². The molecule has 2 fully saturated rings. The number of carbonyl (C=O) groups excluding carboxylic acids is 1. The monoisotopic (exact) mass is 370 g/mol. The van der Waals surface area contributed by atoms with E-state index in [0.717, 1.165) is 56.8 Å². The number of aryl methyl sites for hydroxylation is 1. The molecule has 6 nitrogen and oxygen atoms in total. The molecular formula is C21H30N4O2. The molecule has 2 atom stereocenters. The van der Waals surface area contributed by atoms with Crippen LogP contribution in [0, 0.1) is 12.3 Å². The van der Waals surface area contributed by atoms with Gasteiger partial charge in [0.15, 0.2) is 0 Å². The molecule has 1 aromatic rings. The van der Waals surface area contributed by atoms with Gasteiger partial charge in [-0.1, -0.05) is 11.6 Å². The van der Waals surface area contributed by atoms with Gasteiger partial charge in [-0.15, -0.1) is 0 Å². The fraction of sp³-hybridized carbons (Fsp3) is 0.667. The lowest BCUT2D eigenvalue weighted by Crippen LogP contribution is -2.60. The summed E-state index contributed by atoms with van der Waals surface area (Å²) in [7, 11) is 0. The molecule has 27 heavy (non-hydrogen) atoms. The average molecular weight is 370 g/mol. The topological polar surface area (TPSA) is 69.6 Å². The maximum absolute atomic E-state index is 12.9. The SMILES string of the molecule is Cc1cncc(N2CC[C@@H](O)[C@]3(CCCN(C(=O)CC4=CCCC4)C3)C2)n1. The van der Waals surface area contributed by atoms with Crippen LogP contribution in [0.1, 0.15) is 50.6 Å². The number of hydrogen-bond donors (Lipinski definition) is 1. The number of amides is 1. The molecule has 3 aliphatic rings. The molecule has 4 rings (SSSR count). The van der Waals surface area contributed by atoms with Crippen molar-refractivity contribution in [2.75, 3.05) is 31.1 Å². The molecule has 0 aromatic carbocycles. The molecular weight excluding hydrogens is 340 g/mol. The number of nitrogens with zero attached hydrogens (tertiary/aromatic N) is 4. The second kappa shape index (κ2) is 7.58. The average Bonchev–Trinajstić information content (AvgIpc) is 3.17. The summed E-state index contributed by atoms with van der Waals surface area (Å²) in [6.07, 6.45) is 11.9. The summed E-state index contributed by atoms with van der Waals surface area (Å²) in [5, 5.41) is 10.9. The van der Waals surface area contributed by atoms with E-state index >= 15 is 0 Å². The predicted octanol–water partition coefficient (Wildman–Crippen LogP) is 2.47. The molecule has 2 saturated heterocycles. The molecule has 0 radical (unpaired) electrons. The van der Waals surface area contributed by atoms with Crippen LogP contribution in [0.5, 0.6) is 0 Å². The summed E-state index contributed by atoms with van der Waals surface area (Å²) in [5.41, 5.74) is 1.93. The first-order chi connectivity index (χ1) is 13.1. The fourth-order valence-corrected chi connectivity index (χ4v) is 4.93. The van der Waals surface area contributed by atoms with E-state index in [2.05, 4.69) is 20.9 Å². The predicted molar refractivity (Wildman–Crippen MR) is 104 cm³/mol. The number of aliphatic hydroxyl groups is 1. The van der Waals surface area contributed by atoms with Crippen LogP contribution in [0.2, 0.25) is 0 Å². The van der Waals surface area contributed by atoms with E-state index < -0.39 is 0 Å². The van der Waals surface area contributed by atoms with E-state index in [1.165, 1.54) is 12.0 Å². The van der Waals surface area contributed by atoms with Crippen LogP contribution in [0.25, 0.3) is 0 Å². The van der Waals surface area contributed by atoms with Crippen LogP contribution < -0.4 is 4.90 Å². The van der Waals surface area contributed by atoms with Crippen molar-refractivity contribution >= 4 is 11.7 Å². The fourth-order valence-electron chi connectivity index (χ4n) is 4.93. The Morgan fingerprint density at radius 3 is 2.96 bits per heavy atom. The van der Waals surface area contributed by atoms with Crippen molar-refractivity contribution in [2.45, 2.75) is 58.0 Å². The number of aromatic nitrogens is 2. The van der Waals surface area contributed by atoms with E-state index in [1.54, 1.807) is 12.4 Å². The van der Waals surface area contributed by atoms with Gasteiger partial charge >= 0.3 is 0 Å². The van der Waals surface area contributed by atoms with Crippen molar-refractivity contribution in [2.24, 2.45) is 5.41 Å². The van der Waals surface area contributed by atoms with Gasteiger partial charge in [0, 0.05) is 44.2 Å². The lowest BCUT2D eigenvalue weighted by atomic mass is 9.71. The van der Waals surface area contributed by atoms with Gasteiger partial charge in [0.05, 0.1) is 18.0 Å². The highest BCUT2D eigenvalue weighted by molar-refractivity contribution is 5.79. The van der Waals surface area contributed by atoms with Gasteiger partial charge in [-0.2, -0.15) is 0 Å². The largest absolute Gasteiger partial charge is 0.392 e. The Morgan fingerprint density at radius 1 is 1.30 bits per heavy atom. The number of likely N-dealkylation sites (tertiary alicyclic amines) is 1. The van der Waals surface area contributed by atoms with E-state index in [-0.39, 0.29) is 17.4 Å². The normalized spacial score (nSPS) is 28.5. The van der Waals surface area contributed by atoms with Crippen LogP contribution >= 0.6 is 0 Å². The number of allylic oxidation sites excluding steroid dienone is 1.